The van der Waals surface area contributed by atoms with E-state index in [0.717, 1.165) is 30.5 Å². The third kappa shape index (κ3) is 5.98. The number of benzene rings is 2. The van der Waals surface area contributed by atoms with Crippen LogP contribution in [0.1, 0.15) is 48.8 Å². The average molecular weight is 507 g/mol. The number of ether oxygens (including phenoxy) is 2. The molecule has 1 aliphatic heterocycles. The molecule has 2 fully saturated rings. The van der Waals surface area contributed by atoms with E-state index in [1.54, 1.807) is 0 Å². The predicted octanol–water partition coefficient (Wildman–Crippen LogP) is 6.54. The highest BCUT2D eigenvalue weighted by atomic mass is 19.4. The van der Waals surface area contributed by atoms with Crippen LogP contribution in [0.15, 0.2) is 60.7 Å². The molecular weight excluding hydrogens is 476 g/mol. The molecule has 194 valence electrons. The number of alkyl halides is 3. The van der Waals surface area contributed by atoms with Crippen molar-refractivity contribution < 1.29 is 36.9 Å². The molecule has 1 aliphatic carbocycles. The van der Waals surface area contributed by atoms with Crippen LogP contribution in [-0.4, -0.2) is 30.4 Å². The Labute approximate surface area is 207 Å². The smallest absolute Gasteiger partial charge is 0.416 e. The molecule has 4 nitrogen and oxygen atoms in total. The van der Waals surface area contributed by atoms with E-state index in [2.05, 4.69) is 6.08 Å². The number of rotatable bonds is 11. The van der Waals surface area contributed by atoms with E-state index in [-0.39, 0.29) is 42.2 Å². The fourth-order valence-corrected chi connectivity index (χ4v) is 5.59. The van der Waals surface area contributed by atoms with Crippen molar-refractivity contribution in [2.24, 2.45) is 11.8 Å². The summed E-state index contributed by atoms with van der Waals surface area (Å²) < 4.78 is 64.1. The number of fused-ring (bicyclic) bond motifs is 2. The van der Waals surface area contributed by atoms with E-state index >= 15 is 0 Å². The van der Waals surface area contributed by atoms with Gasteiger partial charge in [0.25, 0.3) is 0 Å². The minimum atomic E-state index is -4.37. The lowest BCUT2D eigenvalue weighted by Gasteiger charge is -2.39. The normalized spacial score (nSPS) is 25.6. The Hall–Kier alpha value is -2.71. The van der Waals surface area contributed by atoms with Gasteiger partial charge in [0, 0.05) is 17.8 Å². The number of hydrogen-bond donors (Lipinski definition) is 1. The molecule has 2 aromatic rings. The Bertz CT molecular complexity index is 1050. The summed E-state index contributed by atoms with van der Waals surface area (Å²) in [5, 5.41) is 8.81. The quantitative estimate of drug-likeness (QED) is 0.214. The lowest BCUT2D eigenvalue weighted by Crippen LogP contribution is -2.41. The molecular formula is C28H30F4O4. The highest BCUT2D eigenvalue weighted by molar-refractivity contribution is 5.66. The molecule has 0 radical (unpaired) electrons. The van der Waals surface area contributed by atoms with Crippen LogP contribution in [0.3, 0.4) is 0 Å². The molecule has 36 heavy (non-hydrogen) atoms. The van der Waals surface area contributed by atoms with E-state index < -0.39 is 17.7 Å². The summed E-state index contributed by atoms with van der Waals surface area (Å²) in [5.74, 6) is -0.865. The molecule has 1 saturated carbocycles. The largest absolute Gasteiger partial charge is 0.481 e. The van der Waals surface area contributed by atoms with E-state index in [1.807, 2.05) is 18.2 Å². The second-order valence-corrected chi connectivity index (χ2v) is 9.69. The number of halogens is 4. The first kappa shape index (κ1) is 26.4. The fourth-order valence-electron chi connectivity index (χ4n) is 5.59. The summed E-state index contributed by atoms with van der Waals surface area (Å²) in [6, 6.07) is 11.5. The summed E-state index contributed by atoms with van der Waals surface area (Å²) in [5.41, 5.74) is 0.729. The highest BCUT2D eigenvalue weighted by Gasteiger charge is 2.59. The van der Waals surface area contributed by atoms with Crippen LogP contribution >= 0.6 is 0 Å². The summed E-state index contributed by atoms with van der Waals surface area (Å²) in [4.78, 5) is 10.7. The standard InChI is InChI=1S/C28H30F4O4/c29-22-13-11-20(12-14-22)27-15-25(36-18-27)23(24(27)5-3-1-2-4-6-26(33)34)17-35-16-19-7-9-21(10-8-19)28(30,31)32/h1,3,7-14,23-25H,2,4-6,15-18H2,(H,33,34)/t23-,24-,25-,27-/m0/s1. The zero-order valence-electron chi connectivity index (χ0n) is 19.8. The molecule has 0 spiro atoms. The van der Waals surface area contributed by atoms with Crippen molar-refractivity contribution in [3.63, 3.8) is 0 Å². The maximum atomic E-state index is 13.6. The Morgan fingerprint density at radius 2 is 1.83 bits per heavy atom. The molecule has 0 amide bonds. The predicted molar refractivity (Wildman–Crippen MR) is 126 cm³/mol. The number of carboxylic acid groups (broad SMARTS) is 1. The Kier molecular flexibility index (Phi) is 8.15. The summed E-state index contributed by atoms with van der Waals surface area (Å²) in [7, 11) is 0. The molecule has 0 aromatic heterocycles. The van der Waals surface area contributed by atoms with Crippen molar-refractivity contribution in [1.29, 1.82) is 0 Å². The van der Waals surface area contributed by atoms with Gasteiger partial charge in [0.1, 0.15) is 5.82 Å². The first-order valence-electron chi connectivity index (χ1n) is 12.2. The van der Waals surface area contributed by atoms with Crippen molar-refractivity contribution >= 4 is 5.97 Å². The third-order valence-corrected chi connectivity index (χ3v) is 7.42. The molecule has 4 atom stereocenters. The van der Waals surface area contributed by atoms with Crippen LogP contribution in [0.2, 0.25) is 0 Å². The Morgan fingerprint density at radius 1 is 1.11 bits per heavy atom. The number of unbranched alkanes of at least 4 members (excludes halogenated alkanes) is 1. The molecule has 2 aromatic carbocycles. The van der Waals surface area contributed by atoms with Crippen LogP contribution < -0.4 is 0 Å². The number of aliphatic carboxylic acids is 1. The zero-order valence-corrected chi connectivity index (χ0v) is 19.8. The second-order valence-electron chi connectivity index (χ2n) is 9.69. The lowest BCUT2D eigenvalue weighted by molar-refractivity contribution is -0.138. The Morgan fingerprint density at radius 3 is 2.50 bits per heavy atom. The summed E-state index contributed by atoms with van der Waals surface area (Å²) >= 11 is 0. The van der Waals surface area contributed by atoms with Gasteiger partial charge in [-0.1, -0.05) is 36.4 Å². The van der Waals surface area contributed by atoms with E-state index in [4.69, 9.17) is 14.6 Å². The molecule has 1 heterocycles. The van der Waals surface area contributed by atoms with Gasteiger partial charge in [0.05, 0.1) is 31.5 Å². The number of carbonyl (C=O) groups is 1. The SMILES string of the molecule is O=C(O)CCCC=CC[C@H]1[C@H](COCc2ccc(C(F)(F)F)cc2)[C@@H]2C[C@@]1(c1ccc(F)cc1)CO2. The van der Waals surface area contributed by atoms with Crippen LogP contribution in [0.5, 0.6) is 0 Å². The highest BCUT2D eigenvalue weighted by Crippen LogP contribution is 2.56. The van der Waals surface area contributed by atoms with Crippen molar-refractivity contribution in [2.75, 3.05) is 13.2 Å². The van der Waals surface area contributed by atoms with Crippen molar-refractivity contribution in [1.82, 2.24) is 0 Å². The molecule has 8 heteroatoms. The molecule has 2 bridgehead atoms. The van der Waals surface area contributed by atoms with E-state index in [0.29, 0.717) is 31.6 Å². The van der Waals surface area contributed by atoms with Gasteiger partial charge in [-0.2, -0.15) is 13.2 Å². The maximum Gasteiger partial charge on any atom is 0.416 e. The maximum absolute atomic E-state index is 13.6. The van der Waals surface area contributed by atoms with Crippen LogP contribution in [0.25, 0.3) is 0 Å². The van der Waals surface area contributed by atoms with Gasteiger partial charge in [-0.05, 0) is 67.0 Å². The molecule has 1 saturated heterocycles. The fraction of sp³-hybridized carbons (Fsp3) is 0.464. The van der Waals surface area contributed by atoms with Gasteiger partial charge in [-0.15, -0.1) is 0 Å². The van der Waals surface area contributed by atoms with Gasteiger partial charge in [0.2, 0.25) is 0 Å². The second kappa shape index (κ2) is 11.1. The van der Waals surface area contributed by atoms with Crippen molar-refractivity contribution in [3.8, 4) is 0 Å². The van der Waals surface area contributed by atoms with Gasteiger partial charge in [0.15, 0.2) is 0 Å². The zero-order chi connectivity index (χ0) is 25.8. The first-order valence-corrected chi connectivity index (χ1v) is 12.2. The van der Waals surface area contributed by atoms with Gasteiger partial charge in [-0.25, -0.2) is 4.39 Å². The number of allylic oxidation sites excluding steroid dienone is 2. The minimum absolute atomic E-state index is 0.0203. The molecule has 1 N–H and O–H groups in total. The monoisotopic (exact) mass is 506 g/mol. The van der Waals surface area contributed by atoms with Gasteiger partial charge < -0.3 is 14.6 Å². The van der Waals surface area contributed by atoms with Gasteiger partial charge >= 0.3 is 12.1 Å². The molecule has 2 aliphatic rings. The van der Waals surface area contributed by atoms with Crippen molar-refractivity contribution in [2.45, 2.75) is 56.4 Å². The lowest BCUT2D eigenvalue weighted by atomic mass is 9.69. The third-order valence-electron chi connectivity index (χ3n) is 7.42. The topological polar surface area (TPSA) is 55.8 Å². The van der Waals surface area contributed by atoms with Crippen molar-refractivity contribution in [3.05, 3.63) is 83.2 Å². The summed E-state index contributed by atoms with van der Waals surface area (Å²) in [6.45, 7) is 1.13. The van der Waals surface area contributed by atoms with Crippen LogP contribution in [0.4, 0.5) is 17.6 Å². The molecule has 4 rings (SSSR count). The average Bonchev–Trinajstić information content (AvgIpc) is 3.40. The number of carboxylic acids is 1. The van der Waals surface area contributed by atoms with E-state index in [1.165, 1.54) is 24.3 Å². The molecule has 0 unspecified atom stereocenters. The van der Waals surface area contributed by atoms with Crippen LogP contribution in [-0.2, 0) is 32.5 Å². The first-order chi connectivity index (χ1) is 17.2. The van der Waals surface area contributed by atoms with Gasteiger partial charge in [-0.3, -0.25) is 4.79 Å². The number of hydrogen-bond acceptors (Lipinski definition) is 3. The van der Waals surface area contributed by atoms with Crippen LogP contribution in [0, 0.1) is 17.7 Å². The Balaban J connectivity index is 1.44. The summed E-state index contributed by atoms with van der Waals surface area (Å²) in [6.07, 6.45) is 2.63. The van der Waals surface area contributed by atoms with E-state index in [9.17, 15) is 22.4 Å². The minimum Gasteiger partial charge on any atom is -0.481 e.